The largest absolute Gasteiger partial charge is 0.369 e. The van der Waals surface area contributed by atoms with E-state index in [1.807, 2.05) is 6.92 Å². The van der Waals surface area contributed by atoms with E-state index in [-0.39, 0.29) is 17.1 Å². The van der Waals surface area contributed by atoms with Crippen molar-refractivity contribution >= 4 is 23.2 Å². The predicted octanol–water partition coefficient (Wildman–Crippen LogP) is 4.18. The molecule has 4 aromatic rings. The Labute approximate surface area is 200 Å². The fourth-order valence-electron chi connectivity index (χ4n) is 4.51. The van der Waals surface area contributed by atoms with E-state index in [1.54, 1.807) is 24.4 Å². The van der Waals surface area contributed by atoms with E-state index in [4.69, 9.17) is 10.7 Å². The quantitative estimate of drug-likeness (QED) is 0.396. The molecule has 0 amide bonds. The topological polar surface area (TPSA) is 110 Å². The highest BCUT2D eigenvalue weighted by molar-refractivity contribution is 5.69. The highest BCUT2D eigenvalue weighted by atomic mass is 19.1. The summed E-state index contributed by atoms with van der Waals surface area (Å²) in [4.78, 5) is 26.9. The maximum atomic E-state index is 14.1. The van der Waals surface area contributed by atoms with Gasteiger partial charge < -0.3 is 16.4 Å². The number of hydrogen-bond donors (Lipinski definition) is 3. The standard InChI is InChI=1S/C25H25F2N7O/c1-3-14-8-18-22(29-12-14)32-25(28)33-23(18)30-13(2)21-20(15-9-16(26)11-17(27)10-15)24(35)34-7-5-4-6-19(34)31-21/h4-7,9-11,13-14H,3,8,12H2,1-2H3,(H4,28,29,30,32,33). The van der Waals surface area contributed by atoms with Crippen LogP contribution in [0.1, 0.15) is 37.6 Å². The van der Waals surface area contributed by atoms with Crippen LogP contribution >= 0.6 is 0 Å². The Balaban J connectivity index is 1.65. The molecule has 8 nitrogen and oxygen atoms in total. The minimum Gasteiger partial charge on any atom is -0.369 e. The SMILES string of the molecule is CCC1CNc2nc(N)nc(NC(C)c3nc4ccccn4c(=O)c3-c3cc(F)cc(F)c3)c2C1. The maximum absolute atomic E-state index is 14.1. The van der Waals surface area contributed by atoms with Crippen molar-refractivity contribution < 1.29 is 8.78 Å². The Bertz CT molecular complexity index is 1470. The molecule has 0 spiro atoms. The fraction of sp³-hybridized carbons (Fsp3) is 0.280. The summed E-state index contributed by atoms with van der Waals surface area (Å²) >= 11 is 0. The van der Waals surface area contributed by atoms with Gasteiger partial charge in [-0.3, -0.25) is 9.20 Å². The van der Waals surface area contributed by atoms with Crippen molar-refractivity contribution in [3.8, 4) is 11.1 Å². The van der Waals surface area contributed by atoms with Crippen LogP contribution in [0.15, 0.2) is 47.4 Å². The average molecular weight is 478 g/mol. The molecule has 0 fully saturated rings. The Kier molecular flexibility index (Phi) is 5.80. The van der Waals surface area contributed by atoms with Crippen LogP contribution in [0.25, 0.3) is 16.8 Å². The third-order valence-electron chi connectivity index (χ3n) is 6.33. The van der Waals surface area contributed by atoms with Crippen LogP contribution < -0.4 is 21.9 Å². The van der Waals surface area contributed by atoms with Crippen molar-refractivity contribution in [3.63, 3.8) is 0 Å². The first-order valence-electron chi connectivity index (χ1n) is 11.5. The second kappa shape index (κ2) is 8.94. The molecule has 0 bridgehead atoms. The molecule has 4 N–H and O–H groups in total. The van der Waals surface area contributed by atoms with Crippen molar-refractivity contribution in [2.45, 2.75) is 32.7 Å². The number of halogens is 2. The number of benzene rings is 1. The summed E-state index contributed by atoms with van der Waals surface area (Å²) in [5.74, 6) is 0.185. The molecule has 3 aromatic heterocycles. The average Bonchev–Trinajstić information content (AvgIpc) is 2.83. The second-order valence-electron chi connectivity index (χ2n) is 8.75. The summed E-state index contributed by atoms with van der Waals surface area (Å²) in [5.41, 5.74) is 7.41. The first-order chi connectivity index (χ1) is 16.8. The number of hydrogen-bond acceptors (Lipinski definition) is 7. The molecule has 0 saturated carbocycles. The van der Waals surface area contributed by atoms with E-state index in [0.29, 0.717) is 28.9 Å². The number of pyridine rings is 1. The first-order valence-corrected chi connectivity index (χ1v) is 11.5. The summed E-state index contributed by atoms with van der Waals surface area (Å²) in [5, 5.41) is 6.65. The Morgan fingerprint density at radius 2 is 1.97 bits per heavy atom. The minimum absolute atomic E-state index is 0.104. The summed E-state index contributed by atoms with van der Waals surface area (Å²) in [6, 6.07) is 7.65. The summed E-state index contributed by atoms with van der Waals surface area (Å²) in [6.45, 7) is 4.74. The van der Waals surface area contributed by atoms with E-state index >= 15 is 0 Å². The van der Waals surface area contributed by atoms with Gasteiger partial charge in [-0.25, -0.2) is 13.8 Å². The summed E-state index contributed by atoms with van der Waals surface area (Å²) in [6.07, 6.45) is 3.33. The molecule has 4 heterocycles. The Morgan fingerprint density at radius 3 is 2.71 bits per heavy atom. The van der Waals surface area contributed by atoms with Gasteiger partial charge in [0, 0.05) is 24.4 Å². The van der Waals surface area contributed by atoms with Crippen molar-refractivity contribution in [1.82, 2.24) is 19.4 Å². The van der Waals surface area contributed by atoms with Crippen LogP contribution in [0.2, 0.25) is 0 Å². The highest BCUT2D eigenvalue weighted by Gasteiger charge is 2.26. The normalized spacial score (nSPS) is 15.9. The van der Waals surface area contributed by atoms with E-state index < -0.39 is 23.2 Å². The minimum atomic E-state index is -0.779. The third-order valence-corrected chi connectivity index (χ3v) is 6.33. The molecule has 0 radical (unpaired) electrons. The molecular weight excluding hydrogens is 452 g/mol. The molecule has 0 saturated heterocycles. The van der Waals surface area contributed by atoms with Gasteiger partial charge in [0.25, 0.3) is 5.56 Å². The van der Waals surface area contributed by atoms with Crippen molar-refractivity contribution in [1.29, 1.82) is 0 Å². The lowest BCUT2D eigenvalue weighted by Crippen LogP contribution is -2.27. The number of nitrogen functional groups attached to an aromatic ring is 1. The van der Waals surface area contributed by atoms with E-state index in [2.05, 4.69) is 27.5 Å². The van der Waals surface area contributed by atoms with Gasteiger partial charge in [0.1, 0.15) is 28.9 Å². The fourth-order valence-corrected chi connectivity index (χ4v) is 4.51. The smallest absolute Gasteiger partial charge is 0.266 e. The Morgan fingerprint density at radius 1 is 1.20 bits per heavy atom. The molecule has 1 aliphatic heterocycles. The van der Waals surface area contributed by atoms with Crippen LogP contribution in [0.4, 0.5) is 26.4 Å². The van der Waals surface area contributed by atoms with Crippen molar-refractivity contribution in [2.75, 3.05) is 22.9 Å². The zero-order valence-electron chi connectivity index (χ0n) is 19.3. The monoisotopic (exact) mass is 477 g/mol. The van der Waals surface area contributed by atoms with Crippen LogP contribution in [-0.4, -0.2) is 25.9 Å². The van der Waals surface area contributed by atoms with Gasteiger partial charge in [-0.2, -0.15) is 9.97 Å². The zero-order chi connectivity index (χ0) is 24.7. The van der Waals surface area contributed by atoms with Gasteiger partial charge in [-0.1, -0.05) is 19.4 Å². The second-order valence-corrected chi connectivity index (χ2v) is 8.75. The van der Waals surface area contributed by atoms with Crippen molar-refractivity contribution in [2.24, 2.45) is 5.92 Å². The molecule has 180 valence electrons. The number of fused-ring (bicyclic) bond motifs is 2. The number of rotatable bonds is 5. The van der Waals surface area contributed by atoms with Crippen LogP contribution in [-0.2, 0) is 6.42 Å². The maximum Gasteiger partial charge on any atom is 0.266 e. The van der Waals surface area contributed by atoms with Gasteiger partial charge >= 0.3 is 0 Å². The molecule has 5 rings (SSSR count). The zero-order valence-corrected chi connectivity index (χ0v) is 19.3. The molecule has 2 unspecified atom stereocenters. The van der Waals surface area contributed by atoms with Gasteiger partial charge in [-0.15, -0.1) is 0 Å². The Hall–Kier alpha value is -4.08. The highest BCUT2D eigenvalue weighted by Crippen LogP contribution is 2.33. The van der Waals surface area contributed by atoms with E-state index in [1.165, 1.54) is 4.40 Å². The van der Waals surface area contributed by atoms with Crippen molar-refractivity contribution in [3.05, 3.63) is 75.8 Å². The number of nitrogens with two attached hydrogens (primary N) is 1. The molecule has 35 heavy (non-hydrogen) atoms. The lowest BCUT2D eigenvalue weighted by molar-refractivity contribution is 0.517. The third kappa shape index (κ3) is 4.27. The number of aromatic nitrogens is 4. The van der Waals surface area contributed by atoms with Gasteiger partial charge in [0.15, 0.2) is 0 Å². The molecular formula is C25H25F2N7O. The molecule has 0 aliphatic carbocycles. The molecule has 10 heteroatoms. The lowest BCUT2D eigenvalue weighted by atomic mass is 9.94. The summed E-state index contributed by atoms with van der Waals surface area (Å²) in [7, 11) is 0. The van der Waals surface area contributed by atoms with Gasteiger partial charge in [0.2, 0.25) is 5.95 Å². The predicted molar refractivity (Wildman–Crippen MR) is 131 cm³/mol. The molecule has 1 aromatic carbocycles. The van der Waals surface area contributed by atoms with Crippen LogP contribution in [0.5, 0.6) is 0 Å². The first kappa shape index (κ1) is 22.7. The number of nitrogens with zero attached hydrogens (tertiary/aromatic N) is 4. The van der Waals surface area contributed by atoms with E-state index in [0.717, 1.165) is 43.1 Å². The number of anilines is 3. The molecule has 2 atom stereocenters. The lowest BCUT2D eigenvalue weighted by Gasteiger charge is -2.27. The molecule has 1 aliphatic rings. The number of nitrogens with one attached hydrogen (secondary N) is 2. The van der Waals surface area contributed by atoms with Gasteiger partial charge in [0.05, 0.1) is 17.3 Å². The summed E-state index contributed by atoms with van der Waals surface area (Å²) < 4.78 is 29.6. The van der Waals surface area contributed by atoms with Crippen LogP contribution in [0.3, 0.4) is 0 Å². The van der Waals surface area contributed by atoms with Crippen LogP contribution in [0, 0.1) is 17.6 Å². The van der Waals surface area contributed by atoms with Gasteiger partial charge in [-0.05, 0) is 49.1 Å². The van der Waals surface area contributed by atoms with E-state index in [9.17, 15) is 13.6 Å².